The number of carbonyl (C=O) groups excluding carboxylic acids is 1. The van der Waals surface area contributed by atoms with E-state index in [0.717, 1.165) is 24.3 Å². The summed E-state index contributed by atoms with van der Waals surface area (Å²) in [6, 6.07) is 12.9. The van der Waals surface area contributed by atoms with Gasteiger partial charge in [-0.1, -0.05) is 6.07 Å². The molecule has 0 bridgehead atoms. The highest BCUT2D eigenvalue weighted by Gasteiger charge is 2.05. The van der Waals surface area contributed by atoms with Crippen LogP contribution in [0.5, 0.6) is 17.2 Å². The quantitative estimate of drug-likeness (QED) is 0.457. The van der Waals surface area contributed by atoms with Crippen LogP contribution in [-0.4, -0.2) is 51.8 Å². The Labute approximate surface area is 173 Å². The zero-order valence-corrected chi connectivity index (χ0v) is 17.6. The van der Waals surface area contributed by atoms with E-state index in [2.05, 4.69) is 10.2 Å². The molecule has 2 aromatic carbocycles. The standard InChI is InChI=1S/C23H30N2O4/c1-5-28-22-17-18(7-13-21(22)27-4)8-14-23(26)24-19-9-11-20(12-10-19)29-16-6-15-25(2)3/h7-14,17H,5-6,15-16H2,1-4H3,(H,24,26)/b14-8+. The van der Waals surface area contributed by atoms with Gasteiger partial charge in [-0.2, -0.15) is 0 Å². The summed E-state index contributed by atoms with van der Waals surface area (Å²) < 4.78 is 16.5. The highest BCUT2D eigenvalue weighted by atomic mass is 16.5. The zero-order valence-electron chi connectivity index (χ0n) is 17.6. The van der Waals surface area contributed by atoms with Crippen molar-refractivity contribution in [3.05, 3.63) is 54.1 Å². The lowest BCUT2D eigenvalue weighted by molar-refractivity contribution is -0.111. The molecule has 29 heavy (non-hydrogen) atoms. The summed E-state index contributed by atoms with van der Waals surface area (Å²) in [5.41, 5.74) is 1.57. The molecule has 0 aliphatic heterocycles. The van der Waals surface area contributed by atoms with Gasteiger partial charge in [0.15, 0.2) is 11.5 Å². The summed E-state index contributed by atoms with van der Waals surface area (Å²) in [5.74, 6) is 1.90. The van der Waals surface area contributed by atoms with Gasteiger partial charge in [-0.05, 0) is 75.5 Å². The van der Waals surface area contributed by atoms with Gasteiger partial charge in [0.25, 0.3) is 0 Å². The maximum Gasteiger partial charge on any atom is 0.248 e. The number of hydrogen-bond donors (Lipinski definition) is 1. The average molecular weight is 399 g/mol. The van der Waals surface area contributed by atoms with E-state index in [4.69, 9.17) is 14.2 Å². The Kier molecular flexibility index (Phi) is 9.05. The molecule has 0 fully saturated rings. The lowest BCUT2D eigenvalue weighted by atomic mass is 10.2. The largest absolute Gasteiger partial charge is 0.494 e. The van der Waals surface area contributed by atoms with Crippen LogP contribution in [-0.2, 0) is 4.79 Å². The van der Waals surface area contributed by atoms with Gasteiger partial charge < -0.3 is 24.4 Å². The van der Waals surface area contributed by atoms with E-state index >= 15 is 0 Å². The Morgan fingerprint density at radius 1 is 1.07 bits per heavy atom. The van der Waals surface area contributed by atoms with Crippen molar-refractivity contribution < 1.29 is 19.0 Å². The number of methoxy groups -OCH3 is 1. The molecule has 1 amide bonds. The van der Waals surface area contributed by atoms with Crippen LogP contribution in [0.4, 0.5) is 5.69 Å². The van der Waals surface area contributed by atoms with E-state index in [1.807, 2.05) is 63.5 Å². The van der Waals surface area contributed by atoms with Crippen molar-refractivity contribution in [2.75, 3.05) is 46.3 Å². The fourth-order valence-electron chi connectivity index (χ4n) is 2.63. The molecule has 0 unspecified atom stereocenters. The van der Waals surface area contributed by atoms with Crippen LogP contribution < -0.4 is 19.5 Å². The minimum absolute atomic E-state index is 0.210. The molecule has 0 spiro atoms. The molecule has 0 radical (unpaired) electrons. The summed E-state index contributed by atoms with van der Waals surface area (Å²) in [6.07, 6.45) is 4.19. The van der Waals surface area contributed by atoms with E-state index in [0.29, 0.717) is 30.4 Å². The first-order valence-electron chi connectivity index (χ1n) is 9.69. The maximum atomic E-state index is 12.2. The molecule has 0 heterocycles. The molecular weight excluding hydrogens is 368 g/mol. The Bertz CT molecular complexity index is 801. The van der Waals surface area contributed by atoms with Crippen LogP contribution >= 0.6 is 0 Å². The summed E-state index contributed by atoms with van der Waals surface area (Å²) in [5, 5.41) is 2.84. The minimum atomic E-state index is -0.210. The smallest absolute Gasteiger partial charge is 0.248 e. The number of amides is 1. The molecule has 2 rings (SSSR count). The Hall–Kier alpha value is -2.99. The molecule has 156 valence electrons. The Morgan fingerprint density at radius 2 is 1.83 bits per heavy atom. The molecule has 0 aromatic heterocycles. The summed E-state index contributed by atoms with van der Waals surface area (Å²) in [7, 11) is 5.68. The second-order valence-electron chi connectivity index (χ2n) is 6.70. The molecule has 1 N–H and O–H groups in total. The van der Waals surface area contributed by atoms with Crippen molar-refractivity contribution in [2.45, 2.75) is 13.3 Å². The SMILES string of the molecule is CCOc1cc(/C=C/C(=O)Nc2ccc(OCCCN(C)C)cc2)ccc1OC. The molecule has 6 nitrogen and oxygen atoms in total. The lowest BCUT2D eigenvalue weighted by Crippen LogP contribution is -2.15. The molecule has 6 heteroatoms. The maximum absolute atomic E-state index is 12.2. The topological polar surface area (TPSA) is 60.0 Å². The number of nitrogens with zero attached hydrogens (tertiary/aromatic N) is 1. The molecule has 0 saturated carbocycles. The van der Waals surface area contributed by atoms with Gasteiger partial charge in [-0.15, -0.1) is 0 Å². The molecule has 0 saturated heterocycles. The third-order valence-corrected chi connectivity index (χ3v) is 4.05. The van der Waals surface area contributed by atoms with Gasteiger partial charge in [-0.3, -0.25) is 4.79 Å². The van der Waals surface area contributed by atoms with Crippen molar-refractivity contribution in [2.24, 2.45) is 0 Å². The predicted molar refractivity (Wildman–Crippen MR) is 117 cm³/mol. The number of ether oxygens (including phenoxy) is 3. The number of nitrogens with one attached hydrogen (secondary N) is 1. The highest BCUT2D eigenvalue weighted by molar-refractivity contribution is 6.01. The molecule has 0 atom stereocenters. The first-order valence-corrected chi connectivity index (χ1v) is 9.69. The van der Waals surface area contributed by atoms with Crippen LogP contribution in [0.2, 0.25) is 0 Å². The van der Waals surface area contributed by atoms with Crippen LogP contribution in [0.1, 0.15) is 18.9 Å². The van der Waals surface area contributed by atoms with Crippen molar-refractivity contribution >= 4 is 17.7 Å². The number of carbonyl (C=O) groups is 1. The second-order valence-corrected chi connectivity index (χ2v) is 6.70. The molecule has 2 aromatic rings. The Morgan fingerprint density at radius 3 is 2.48 bits per heavy atom. The van der Waals surface area contributed by atoms with Gasteiger partial charge >= 0.3 is 0 Å². The molecular formula is C23H30N2O4. The number of rotatable bonds is 11. The van der Waals surface area contributed by atoms with Gasteiger partial charge in [-0.25, -0.2) is 0 Å². The van der Waals surface area contributed by atoms with Gasteiger partial charge in [0.05, 0.1) is 20.3 Å². The van der Waals surface area contributed by atoms with Gasteiger partial charge in [0.2, 0.25) is 5.91 Å². The first kappa shape index (κ1) is 22.3. The monoisotopic (exact) mass is 398 g/mol. The van der Waals surface area contributed by atoms with E-state index in [-0.39, 0.29) is 5.91 Å². The van der Waals surface area contributed by atoms with E-state index < -0.39 is 0 Å². The third-order valence-electron chi connectivity index (χ3n) is 4.05. The van der Waals surface area contributed by atoms with Crippen LogP contribution in [0.25, 0.3) is 6.08 Å². The van der Waals surface area contributed by atoms with Crippen molar-refractivity contribution in [1.29, 1.82) is 0 Å². The van der Waals surface area contributed by atoms with E-state index in [1.54, 1.807) is 13.2 Å². The second kappa shape index (κ2) is 11.8. The number of benzene rings is 2. The fraction of sp³-hybridized carbons (Fsp3) is 0.348. The summed E-state index contributed by atoms with van der Waals surface area (Å²) in [4.78, 5) is 14.3. The average Bonchev–Trinajstić information content (AvgIpc) is 2.71. The highest BCUT2D eigenvalue weighted by Crippen LogP contribution is 2.28. The molecule has 0 aliphatic rings. The summed E-state index contributed by atoms with van der Waals surface area (Å²) >= 11 is 0. The number of hydrogen-bond acceptors (Lipinski definition) is 5. The zero-order chi connectivity index (χ0) is 21.1. The van der Waals surface area contributed by atoms with Crippen LogP contribution in [0.15, 0.2) is 48.5 Å². The van der Waals surface area contributed by atoms with Crippen molar-refractivity contribution in [3.8, 4) is 17.2 Å². The van der Waals surface area contributed by atoms with Crippen molar-refractivity contribution in [1.82, 2.24) is 4.90 Å². The van der Waals surface area contributed by atoms with E-state index in [1.165, 1.54) is 6.08 Å². The third kappa shape index (κ3) is 7.87. The van der Waals surface area contributed by atoms with Crippen molar-refractivity contribution in [3.63, 3.8) is 0 Å². The predicted octanol–water partition coefficient (Wildman–Crippen LogP) is 4.08. The van der Waals surface area contributed by atoms with Crippen LogP contribution in [0, 0.1) is 0 Å². The van der Waals surface area contributed by atoms with Crippen LogP contribution in [0.3, 0.4) is 0 Å². The summed E-state index contributed by atoms with van der Waals surface area (Å²) in [6.45, 7) is 4.11. The minimum Gasteiger partial charge on any atom is -0.494 e. The Balaban J connectivity index is 1.87. The number of anilines is 1. The van der Waals surface area contributed by atoms with Gasteiger partial charge in [0, 0.05) is 18.3 Å². The first-order chi connectivity index (χ1) is 14.0. The lowest BCUT2D eigenvalue weighted by Gasteiger charge is -2.11. The fourth-order valence-corrected chi connectivity index (χ4v) is 2.63. The van der Waals surface area contributed by atoms with Gasteiger partial charge in [0.1, 0.15) is 5.75 Å². The molecule has 0 aliphatic carbocycles. The normalized spacial score (nSPS) is 10.9. The van der Waals surface area contributed by atoms with E-state index in [9.17, 15) is 4.79 Å².